The van der Waals surface area contributed by atoms with Crippen molar-refractivity contribution in [2.75, 3.05) is 0 Å². The molecule has 0 amide bonds. The fourth-order valence-corrected chi connectivity index (χ4v) is 1.24. The molecule has 0 fully saturated rings. The summed E-state index contributed by atoms with van der Waals surface area (Å²) in [5.74, 6) is 0. The third-order valence-electron chi connectivity index (χ3n) is 2.12. The molecule has 11 heavy (non-hydrogen) atoms. The van der Waals surface area contributed by atoms with E-state index in [0.29, 0.717) is 0 Å². The van der Waals surface area contributed by atoms with Gasteiger partial charge in [-0.15, -0.1) is 0 Å². The minimum absolute atomic E-state index is 0.208. The van der Waals surface area contributed by atoms with Crippen LogP contribution in [0.15, 0.2) is 6.20 Å². The van der Waals surface area contributed by atoms with Crippen LogP contribution in [-0.2, 0) is 5.41 Å². The molecule has 1 N–H and O–H groups in total. The molecule has 0 bridgehead atoms. The lowest BCUT2D eigenvalue weighted by atomic mass is 9.87. The Morgan fingerprint density at radius 1 is 1.64 bits per heavy atom. The Balaban J connectivity index is 2.92. The Morgan fingerprint density at radius 3 is 2.64 bits per heavy atom. The second kappa shape index (κ2) is 3.13. The molecule has 0 atom stereocenters. The Kier molecular flexibility index (Phi) is 2.57. The number of H-pyrrole nitrogens is 1. The first-order valence-electron chi connectivity index (χ1n) is 3.77. The maximum atomic E-state index is 4.38. The summed E-state index contributed by atoms with van der Waals surface area (Å²) in [6.45, 7) is 6.60. The van der Waals surface area contributed by atoms with E-state index in [9.17, 15) is 0 Å². The first-order valence-corrected chi connectivity index (χ1v) is 4.85. The molecule has 0 radical (unpaired) electrons. The molecule has 0 aliphatic heterocycles. The zero-order valence-electron chi connectivity index (χ0n) is 7.11. The third kappa shape index (κ3) is 1.95. The molecule has 0 aliphatic carbocycles. The van der Waals surface area contributed by atoms with Crippen LogP contribution in [0.25, 0.3) is 0 Å². The van der Waals surface area contributed by atoms with Gasteiger partial charge in [0.2, 0.25) is 0 Å². The molecule has 1 aromatic heterocycles. The molecular formula is C8H13IN2. The smallest absolute Gasteiger partial charge is 0.168 e. The van der Waals surface area contributed by atoms with E-state index in [1.807, 2.05) is 6.20 Å². The largest absolute Gasteiger partial charge is 0.340 e. The van der Waals surface area contributed by atoms with Crippen LogP contribution in [0, 0.1) is 3.83 Å². The minimum Gasteiger partial charge on any atom is -0.340 e. The number of halogens is 1. The summed E-state index contributed by atoms with van der Waals surface area (Å²) in [7, 11) is 0. The van der Waals surface area contributed by atoms with Crippen molar-refractivity contribution >= 4 is 22.6 Å². The summed E-state index contributed by atoms with van der Waals surface area (Å²) < 4.78 is 0.971. The van der Waals surface area contributed by atoms with Crippen molar-refractivity contribution in [1.29, 1.82) is 0 Å². The van der Waals surface area contributed by atoms with Gasteiger partial charge in [-0.2, -0.15) is 0 Å². The van der Waals surface area contributed by atoms with E-state index in [1.165, 1.54) is 0 Å². The summed E-state index contributed by atoms with van der Waals surface area (Å²) >= 11 is 2.19. The van der Waals surface area contributed by atoms with Gasteiger partial charge < -0.3 is 4.98 Å². The van der Waals surface area contributed by atoms with Gasteiger partial charge in [-0.25, -0.2) is 4.98 Å². The van der Waals surface area contributed by atoms with Crippen LogP contribution in [-0.4, -0.2) is 9.97 Å². The highest BCUT2D eigenvalue weighted by molar-refractivity contribution is 14.1. The van der Waals surface area contributed by atoms with Gasteiger partial charge in [0.1, 0.15) is 0 Å². The molecule has 0 unspecified atom stereocenters. The molecule has 1 rings (SSSR count). The number of aromatic nitrogens is 2. The van der Waals surface area contributed by atoms with Crippen LogP contribution in [0.4, 0.5) is 0 Å². The van der Waals surface area contributed by atoms with E-state index in [4.69, 9.17) is 0 Å². The van der Waals surface area contributed by atoms with Crippen LogP contribution in [0.3, 0.4) is 0 Å². The Morgan fingerprint density at radius 2 is 2.27 bits per heavy atom. The Hall–Kier alpha value is -0.0600. The maximum Gasteiger partial charge on any atom is 0.168 e. The van der Waals surface area contributed by atoms with E-state index in [-0.39, 0.29) is 5.41 Å². The van der Waals surface area contributed by atoms with E-state index >= 15 is 0 Å². The predicted molar refractivity (Wildman–Crippen MR) is 54.6 cm³/mol. The maximum absolute atomic E-state index is 4.38. The van der Waals surface area contributed by atoms with Crippen LogP contribution in [0.1, 0.15) is 32.9 Å². The zero-order valence-corrected chi connectivity index (χ0v) is 9.27. The summed E-state index contributed by atoms with van der Waals surface area (Å²) in [5.41, 5.74) is 1.37. The third-order valence-corrected chi connectivity index (χ3v) is 2.68. The van der Waals surface area contributed by atoms with E-state index in [2.05, 4.69) is 53.3 Å². The fourth-order valence-electron chi connectivity index (χ4n) is 0.826. The van der Waals surface area contributed by atoms with Gasteiger partial charge in [0.15, 0.2) is 3.83 Å². The van der Waals surface area contributed by atoms with Gasteiger partial charge in [-0.05, 0) is 29.0 Å². The van der Waals surface area contributed by atoms with Crippen molar-refractivity contribution in [3.63, 3.8) is 0 Å². The van der Waals surface area contributed by atoms with Gasteiger partial charge in [0.25, 0.3) is 0 Å². The highest BCUT2D eigenvalue weighted by atomic mass is 127. The predicted octanol–water partition coefficient (Wildman–Crippen LogP) is 2.70. The molecule has 0 aromatic carbocycles. The standard InChI is InChI=1S/C8H13IN2/c1-4-8(2,3)6-5-10-7(9)11-6/h5H,4H2,1-3H3,(H,10,11). The van der Waals surface area contributed by atoms with Gasteiger partial charge in [-0.3, -0.25) is 0 Å². The van der Waals surface area contributed by atoms with Crippen molar-refractivity contribution in [2.24, 2.45) is 0 Å². The number of nitrogens with one attached hydrogen (secondary N) is 1. The normalized spacial score (nSPS) is 12.0. The first kappa shape index (κ1) is 9.03. The average Bonchev–Trinajstić information content (AvgIpc) is 2.36. The number of rotatable bonds is 2. The number of nitrogens with zero attached hydrogens (tertiary/aromatic N) is 1. The second-order valence-electron chi connectivity index (χ2n) is 3.31. The molecule has 0 saturated carbocycles. The quantitative estimate of drug-likeness (QED) is 0.817. The zero-order chi connectivity index (χ0) is 8.48. The fraction of sp³-hybridized carbons (Fsp3) is 0.625. The molecule has 3 heteroatoms. The van der Waals surface area contributed by atoms with Crippen molar-refractivity contribution in [3.05, 3.63) is 15.7 Å². The average molecular weight is 264 g/mol. The number of hydrogen-bond acceptors (Lipinski definition) is 1. The van der Waals surface area contributed by atoms with Gasteiger partial charge in [0, 0.05) is 11.6 Å². The van der Waals surface area contributed by atoms with E-state index < -0.39 is 0 Å². The molecule has 0 saturated heterocycles. The molecule has 2 nitrogen and oxygen atoms in total. The van der Waals surface area contributed by atoms with E-state index in [1.54, 1.807) is 0 Å². The van der Waals surface area contributed by atoms with Crippen LogP contribution in [0.5, 0.6) is 0 Å². The SMILES string of the molecule is CCC(C)(C)c1c[nH]c(I)n1. The van der Waals surface area contributed by atoms with Crippen molar-refractivity contribution < 1.29 is 0 Å². The minimum atomic E-state index is 0.208. The summed E-state index contributed by atoms with van der Waals surface area (Å²) in [6, 6.07) is 0. The molecule has 62 valence electrons. The van der Waals surface area contributed by atoms with Crippen molar-refractivity contribution in [2.45, 2.75) is 32.6 Å². The van der Waals surface area contributed by atoms with Gasteiger partial charge in [0.05, 0.1) is 5.69 Å². The summed E-state index contributed by atoms with van der Waals surface area (Å²) in [4.78, 5) is 7.47. The van der Waals surface area contributed by atoms with Crippen LogP contribution < -0.4 is 0 Å². The summed E-state index contributed by atoms with van der Waals surface area (Å²) in [5, 5.41) is 0. The van der Waals surface area contributed by atoms with Gasteiger partial charge in [-0.1, -0.05) is 20.8 Å². The number of imidazole rings is 1. The Bertz CT molecular complexity index is 240. The second-order valence-corrected chi connectivity index (χ2v) is 4.34. The lowest BCUT2D eigenvalue weighted by molar-refractivity contribution is 0.492. The monoisotopic (exact) mass is 264 g/mol. The highest BCUT2D eigenvalue weighted by Gasteiger charge is 2.20. The Labute approximate surface area is 80.9 Å². The molecule has 0 spiro atoms. The van der Waals surface area contributed by atoms with E-state index in [0.717, 1.165) is 15.9 Å². The molecular weight excluding hydrogens is 251 g/mol. The van der Waals surface area contributed by atoms with Crippen molar-refractivity contribution in [1.82, 2.24) is 9.97 Å². The highest BCUT2D eigenvalue weighted by Crippen LogP contribution is 2.24. The van der Waals surface area contributed by atoms with Crippen molar-refractivity contribution in [3.8, 4) is 0 Å². The summed E-state index contributed by atoms with van der Waals surface area (Å²) in [6.07, 6.45) is 3.11. The lowest BCUT2D eigenvalue weighted by Crippen LogP contribution is -2.15. The first-order chi connectivity index (χ1) is 5.06. The number of aromatic amines is 1. The van der Waals surface area contributed by atoms with Crippen LogP contribution >= 0.6 is 22.6 Å². The molecule has 1 aromatic rings. The topological polar surface area (TPSA) is 28.7 Å². The lowest BCUT2D eigenvalue weighted by Gasteiger charge is -2.18. The van der Waals surface area contributed by atoms with Crippen LogP contribution in [0.2, 0.25) is 0 Å². The van der Waals surface area contributed by atoms with Gasteiger partial charge >= 0.3 is 0 Å². The molecule has 0 aliphatic rings. The molecule has 1 heterocycles. The number of hydrogen-bond donors (Lipinski definition) is 1.